The zero-order chi connectivity index (χ0) is 15.5. The van der Waals surface area contributed by atoms with Gasteiger partial charge in [-0.3, -0.25) is 4.79 Å². The number of halogens is 1. The standard InChI is InChI=1S/C16H19ClN4O/c1-18-11-14-6-3-8-20(14)16(22)15-7-9-21(19-15)13-5-2-4-12(17)10-13/h2,4-5,7,9-10,14,18H,3,6,8,11H2,1H3/t14-/m0/s1. The number of aromatic nitrogens is 2. The van der Waals surface area contributed by atoms with Gasteiger partial charge in [-0.15, -0.1) is 0 Å². The summed E-state index contributed by atoms with van der Waals surface area (Å²) in [7, 11) is 1.91. The van der Waals surface area contributed by atoms with E-state index in [4.69, 9.17) is 11.6 Å². The first-order valence-corrected chi connectivity index (χ1v) is 7.84. The predicted molar refractivity (Wildman–Crippen MR) is 86.6 cm³/mol. The average molecular weight is 319 g/mol. The minimum absolute atomic E-state index is 0.00136. The number of rotatable bonds is 4. The predicted octanol–water partition coefficient (Wildman–Crippen LogP) is 2.35. The van der Waals surface area contributed by atoms with Gasteiger partial charge in [-0.1, -0.05) is 17.7 Å². The molecular weight excluding hydrogens is 300 g/mol. The highest BCUT2D eigenvalue weighted by Crippen LogP contribution is 2.20. The van der Waals surface area contributed by atoms with Crippen LogP contribution in [0.4, 0.5) is 0 Å². The number of likely N-dealkylation sites (tertiary alicyclic amines) is 1. The first kappa shape index (κ1) is 15.1. The van der Waals surface area contributed by atoms with Crippen LogP contribution in [0.15, 0.2) is 36.5 Å². The highest BCUT2D eigenvalue weighted by Gasteiger charge is 2.29. The molecule has 1 N–H and O–H groups in total. The Morgan fingerprint density at radius 3 is 3.09 bits per heavy atom. The molecule has 1 saturated heterocycles. The van der Waals surface area contributed by atoms with Crippen molar-refractivity contribution in [3.05, 3.63) is 47.2 Å². The summed E-state index contributed by atoms with van der Waals surface area (Å²) >= 11 is 6.00. The molecule has 1 aromatic heterocycles. The summed E-state index contributed by atoms with van der Waals surface area (Å²) in [6.45, 7) is 1.62. The summed E-state index contributed by atoms with van der Waals surface area (Å²) < 4.78 is 1.68. The number of carbonyl (C=O) groups is 1. The smallest absolute Gasteiger partial charge is 0.274 e. The Bertz CT molecular complexity index is 670. The van der Waals surface area contributed by atoms with E-state index in [1.54, 1.807) is 16.9 Å². The summed E-state index contributed by atoms with van der Waals surface area (Å²) in [6, 6.07) is 9.43. The van der Waals surface area contributed by atoms with E-state index in [0.29, 0.717) is 10.7 Å². The van der Waals surface area contributed by atoms with E-state index in [9.17, 15) is 4.79 Å². The summed E-state index contributed by atoms with van der Waals surface area (Å²) in [5.74, 6) is -0.00136. The van der Waals surface area contributed by atoms with Crippen LogP contribution in [0.1, 0.15) is 23.3 Å². The van der Waals surface area contributed by atoms with Crippen LogP contribution in [0.5, 0.6) is 0 Å². The van der Waals surface area contributed by atoms with Crippen molar-refractivity contribution in [2.75, 3.05) is 20.1 Å². The summed E-state index contributed by atoms with van der Waals surface area (Å²) in [6.07, 6.45) is 3.89. The number of hydrogen-bond acceptors (Lipinski definition) is 3. The molecule has 0 spiro atoms. The van der Waals surface area contributed by atoms with Crippen LogP contribution in [-0.2, 0) is 0 Å². The van der Waals surface area contributed by atoms with Gasteiger partial charge in [0, 0.05) is 30.4 Å². The third-order valence-electron chi connectivity index (χ3n) is 3.96. The molecule has 0 unspecified atom stereocenters. The molecule has 2 aromatic rings. The number of likely N-dealkylation sites (N-methyl/N-ethyl adjacent to an activating group) is 1. The third-order valence-corrected chi connectivity index (χ3v) is 4.19. The van der Waals surface area contributed by atoms with Crippen LogP contribution in [0, 0.1) is 0 Å². The molecule has 1 aliphatic heterocycles. The van der Waals surface area contributed by atoms with Gasteiger partial charge < -0.3 is 10.2 Å². The van der Waals surface area contributed by atoms with Gasteiger partial charge in [0.05, 0.1) is 5.69 Å². The third kappa shape index (κ3) is 3.00. The first-order chi connectivity index (χ1) is 10.7. The van der Waals surface area contributed by atoms with E-state index in [1.165, 1.54) is 0 Å². The Labute approximate surface area is 134 Å². The quantitative estimate of drug-likeness (QED) is 0.941. The normalized spacial score (nSPS) is 17.9. The van der Waals surface area contributed by atoms with E-state index in [1.807, 2.05) is 36.2 Å². The molecule has 0 aliphatic carbocycles. The molecule has 116 valence electrons. The molecule has 3 rings (SSSR count). The molecule has 6 heteroatoms. The molecule has 5 nitrogen and oxygen atoms in total. The minimum Gasteiger partial charge on any atom is -0.333 e. The number of carbonyl (C=O) groups excluding carboxylic acids is 1. The molecule has 1 amide bonds. The Kier molecular flexibility index (Phi) is 4.45. The Morgan fingerprint density at radius 2 is 2.32 bits per heavy atom. The Morgan fingerprint density at radius 1 is 1.45 bits per heavy atom. The van der Waals surface area contributed by atoms with Gasteiger partial charge in [-0.25, -0.2) is 4.68 Å². The van der Waals surface area contributed by atoms with Crippen molar-refractivity contribution < 1.29 is 4.79 Å². The molecule has 2 heterocycles. The zero-order valence-corrected chi connectivity index (χ0v) is 13.3. The topological polar surface area (TPSA) is 50.2 Å². The average Bonchev–Trinajstić information content (AvgIpc) is 3.16. The van der Waals surface area contributed by atoms with E-state index in [2.05, 4.69) is 10.4 Å². The van der Waals surface area contributed by atoms with Crippen molar-refractivity contribution >= 4 is 17.5 Å². The number of hydrogen-bond donors (Lipinski definition) is 1. The first-order valence-electron chi connectivity index (χ1n) is 7.46. The van der Waals surface area contributed by atoms with Gasteiger partial charge in [0.15, 0.2) is 5.69 Å². The zero-order valence-electron chi connectivity index (χ0n) is 12.5. The lowest BCUT2D eigenvalue weighted by Crippen LogP contribution is -2.41. The van der Waals surface area contributed by atoms with E-state index >= 15 is 0 Å². The fourth-order valence-electron chi connectivity index (χ4n) is 2.90. The van der Waals surface area contributed by atoms with Crippen LogP contribution in [0.25, 0.3) is 5.69 Å². The molecule has 1 aromatic carbocycles. The molecule has 22 heavy (non-hydrogen) atoms. The fraction of sp³-hybridized carbons (Fsp3) is 0.375. The van der Waals surface area contributed by atoms with Crippen LogP contribution >= 0.6 is 11.6 Å². The largest absolute Gasteiger partial charge is 0.333 e. The fourth-order valence-corrected chi connectivity index (χ4v) is 3.08. The van der Waals surface area contributed by atoms with Crippen LogP contribution in [-0.4, -0.2) is 46.8 Å². The van der Waals surface area contributed by atoms with Crippen molar-refractivity contribution in [3.8, 4) is 5.69 Å². The monoisotopic (exact) mass is 318 g/mol. The van der Waals surface area contributed by atoms with Crippen LogP contribution in [0.3, 0.4) is 0 Å². The molecule has 0 radical (unpaired) electrons. The highest BCUT2D eigenvalue weighted by molar-refractivity contribution is 6.30. The van der Waals surface area contributed by atoms with Gasteiger partial charge in [0.2, 0.25) is 0 Å². The Hall–Kier alpha value is -1.85. The van der Waals surface area contributed by atoms with E-state index in [0.717, 1.165) is 31.6 Å². The maximum Gasteiger partial charge on any atom is 0.274 e. The van der Waals surface area contributed by atoms with Crippen molar-refractivity contribution in [2.24, 2.45) is 0 Å². The van der Waals surface area contributed by atoms with Gasteiger partial charge in [-0.2, -0.15) is 5.10 Å². The second-order valence-corrected chi connectivity index (χ2v) is 5.91. The molecule has 1 aliphatic rings. The molecule has 1 fully saturated rings. The SMILES string of the molecule is CNC[C@@H]1CCCN1C(=O)c1ccn(-c2cccc(Cl)c2)n1. The van der Waals surface area contributed by atoms with E-state index in [-0.39, 0.29) is 11.9 Å². The highest BCUT2D eigenvalue weighted by atomic mass is 35.5. The summed E-state index contributed by atoms with van der Waals surface area (Å²) in [5.41, 5.74) is 1.32. The number of amides is 1. The van der Waals surface area contributed by atoms with Crippen LogP contribution in [0.2, 0.25) is 5.02 Å². The second-order valence-electron chi connectivity index (χ2n) is 5.48. The van der Waals surface area contributed by atoms with Crippen molar-refractivity contribution in [1.29, 1.82) is 0 Å². The maximum absolute atomic E-state index is 12.6. The van der Waals surface area contributed by atoms with Gasteiger partial charge in [-0.05, 0) is 44.2 Å². The lowest BCUT2D eigenvalue weighted by Gasteiger charge is -2.23. The van der Waals surface area contributed by atoms with Gasteiger partial charge in [0.1, 0.15) is 0 Å². The molecule has 0 bridgehead atoms. The molecule has 1 atom stereocenters. The van der Waals surface area contributed by atoms with Gasteiger partial charge in [0.25, 0.3) is 5.91 Å². The van der Waals surface area contributed by atoms with Crippen molar-refractivity contribution in [1.82, 2.24) is 20.0 Å². The van der Waals surface area contributed by atoms with Gasteiger partial charge >= 0.3 is 0 Å². The maximum atomic E-state index is 12.6. The summed E-state index contributed by atoms with van der Waals surface area (Å²) in [5, 5.41) is 8.20. The van der Waals surface area contributed by atoms with Crippen molar-refractivity contribution in [2.45, 2.75) is 18.9 Å². The lowest BCUT2D eigenvalue weighted by molar-refractivity contribution is 0.0730. The Balaban J connectivity index is 1.80. The van der Waals surface area contributed by atoms with E-state index < -0.39 is 0 Å². The molecular formula is C16H19ClN4O. The van der Waals surface area contributed by atoms with Crippen LogP contribution < -0.4 is 5.32 Å². The number of nitrogens with zero attached hydrogens (tertiary/aromatic N) is 3. The second kappa shape index (κ2) is 6.50. The molecule has 0 saturated carbocycles. The number of nitrogens with one attached hydrogen (secondary N) is 1. The lowest BCUT2D eigenvalue weighted by atomic mass is 10.2. The number of benzene rings is 1. The minimum atomic E-state index is -0.00136. The summed E-state index contributed by atoms with van der Waals surface area (Å²) in [4.78, 5) is 14.6. The van der Waals surface area contributed by atoms with Crippen molar-refractivity contribution in [3.63, 3.8) is 0 Å².